The lowest BCUT2D eigenvalue weighted by molar-refractivity contribution is 0.788. The number of aryl methyl sites for hydroxylation is 2. The van der Waals surface area contributed by atoms with E-state index >= 15 is 0 Å². The maximum atomic E-state index is 5.87. The second-order valence-corrected chi connectivity index (χ2v) is 4.62. The minimum atomic E-state index is 0.768. The van der Waals surface area contributed by atoms with Crippen LogP contribution in [0.1, 0.15) is 5.56 Å². The van der Waals surface area contributed by atoms with Gasteiger partial charge < -0.3 is 5.73 Å². The summed E-state index contributed by atoms with van der Waals surface area (Å²) in [6.45, 7) is 2.09. The fourth-order valence-corrected chi connectivity index (χ4v) is 2.35. The van der Waals surface area contributed by atoms with E-state index in [4.69, 9.17) is 5.73 Å². The molecule has 0 bridgehead atoms. The van der Waals surface area contributed by atoms with Crippen molar-refractivity contribution in [3.05, 3.63) is 48.0 Å². The number of hydrogen-bond donors (Lipinski definition) is 1. The molecule has 0 aliphatic heterocycles. The quantitative estimate of drug-likeness (QED) is 0.661. The third-order valence-electron chi connectivity index (χ3n) is 3.15. The molecule has 18 heavy (non-hydrogen) atoms. The Kier molecular flexibility index (Phi) is 2.33. The Labute approximate surface area is 106 Å². The number of hydrogen-bond acceptors (Lipinski definition) is 2. The van der Waals surface area contributed by atoms with Crippen molar-refractivity contribution in [3.63, 3.8) is 0 Å². The van der Waals surface area contributed by atoms with Crippen LogP contribution >= 0.6 is 0 Å². The van der Waals surface area contributed by atoms with Gasteiger partial charge in [0.2, 0.25) is 0 Å². The predicted molar refractivity (Wildman–Crippen MR) is 75.3 cm³/mol. The smallest absolute Gasteiger partial charge is 0.0931 e. The molecule has 0 radical (unpaired) electrons. The van der Waals surface area contributed by atoms with Gasteiger partial charge in [0, 0.05) is 23.7 Å². The summed E-state index contributed by atoms with van der Waals surface area (Å²) in [5, 5.41) is 5.62. The molecule has 0 spiro atoms. The van der Waals surface area contributed by atoms with E-state index in [-0.39, 0.29) is 0 Å². The molecule has 1 aromatic heterocycles. The van der Waals surface area contributed by atoms with Crippen LogP contribution in [0.3, 0.4) is 0 Å². The highest BCUT2D eigenvalue weighted by atomic mass is 15.3. The minimum absolute atomic E-state index is 0.768. The number of aromatic nitrogens is 2. The summed E-state index contributed by atoms with van der Waals surface area (Å²) in [6.07, 6.45) is 0. The first kappa shape index (κ1) is 10.8. The van der Waals surface area contributed by atoms with Gasteiger partial charge in [0.05, 0.1) is 11.2 Å². The normalized spacial score (nSPS) is 11.0. The van der Waals surface area contributed by atoms with Gasteiger partial charge in [-0.25, -0.2) is 0 Å². The Morgan fingerprint density at radius 2 is 1.94 bits per heavy atom. The second kappa shape index (κ2) is 3.88. The largest absolute Gasteiger partial charge is 0.399 e. The zero-order chi connectivity index (χ0) is 12.7. The summed E-state index contributed by atoms with van der Waals surface area (Å²) in [7, 11) is 1.97. The Morgan fingerprint density at radius 1 is 1.11 bits per heavy atom. The van der Waals surface area contributed by atoms with Crippen LogP contribution in [-0.4, -0.2) is 9.78 Å². The Bertz CT molecular complexity index is 726. The second-order valence-electron chi connectivity index (χ2n) is 4.62. The lowest BCUT2D eigenvalue weighted by Gasteiger charge is -2.04. The molecule has 0 atom stereocenters. The molecule has 90 valence electrons. The van der Waals surface area contributed by atoms with E-state index in [1.54, 1.807) is 0 Å². The molecule has 0 amide bonds. The van der Waals surface area contributed by atoms with Crippen molar-refractivity contribution in [1.29, 1.82) is 0 Å². The van der Waals surface area contributed by atoms with E-state index in [1.165, 1.54) is 11.1 Å². The Hall–Kier alpha value is -2.29. The van der Waals surface area contributed by atoms with Crippen LogP contribution in [0.15, 0.2) is 42.5 Å². The highest BCUT2D eigenvalue weighted by molar-refractivity contribution is 5.95. The monoisotopic (exact) mass is 237 g/mol. The molecule has 3 nitrogen and oxygen atoms in total. The summed E-state index contributed by atoms with van der Waals surface area (Å²) in [5.74, 6) is 0. The summed E-state index contributed by atoms with van der Waals surface area (Å²) < 4.78 is 1.92. The van der Waals surface area contributed by atoms with Crippen LogP contribution in [0.25, 0.3) is 22.2 Å². The average molecular weight is 237 g/mol. The van der Waals surface area contributed by atoms with Crippen molar-refractivity contribution < 1.29 is 0 Å². The first-order chi connectivity index (χ1) is 8.65. The molecule has 0 fully saturated rings. The van der Waals surface area contributed by atoms with Crippen LogP contribution in [0.2, 0.25) is 0 Å². The van der Waals surface area contributed by atoms with Crippen molar-refractivity contribution in [3.8, 4) is 11.3 Å². The van der Waals surface area contributed by atoms with E-state index in [1.807, 2.05) is 29.9 Å². The zero-order valence-corrected chi connectivity index (χ0v) is 10.5. The Morgan fingerprint density at radius 3 is 2.72 bits per heavy atom. The molecule has 2 aromatic carbocycles. The number of benzene rings is 2. The number of nitrogens with zero attached hydrogens (tertiary/aromatic N) is 2. The fourth-order valence-electron chi connectivity index (χ4n) is 2.35. The van der Waals surface area contributed by atoms with Crippen LogP contribution in [0.5, 0.6) is 0 Å². The van der Waals surface area contributed by atoms with Gasteiger partial charge in [0.15, 0.2) is 0 Å². The van der Waals surface area contributed by atoms with Gasteiger partial charge in [-0.2, -0.15) is 5.10 Å². The van der Waals surface area contributed by atoms with Crippen LogP contribution in [0, 0.1) is 6.92 Å². The van der Waals surface area contributed by atoms with Crippen LogP contribution in [-0.2, 0) is 7.05 Å². The van der Waals surface area contributed by atoms with Crippen molar-refractivity contribution in [2.45, 2.75) is 6.92 Å². The van der Waals surface area contributed by atoms with Gasteiger partial charge in [-0.05, 0) is 31.2 Å². The molecule has 0 aliphatic rings. The predicted octanol–water partition coefficient (Wildman–Crippen LogP) is 3.13. The first-order valence-corrected chi connectivity index (χ1v) is 5.94. The van der Waals surface area contributed by atoms with Crippen molar-refractivity contribution in [2.75, 3.05) is 5.73 Å². The van der Waals surface area contributed by atoms with E-state index in [2.05, 4.69) is 36.3 Å². The standard InChI is InChI=1S/C15H15N3/c1-10-4-3-5-11(8-10)15-13-9-12(16)6-7-14(13)17-18(15)2/h3-9H,16H2,1-2H3. The molecule has 3 rings (SSSR count). The van der Waals surface area contributed by atoms with Crippen LogP contribution < -0.4 is 5.73 Å². The molecule has 0 aliphatic carbocycles. The third-order valence-corrected chi connectivity index (χ3v) is 3.15. The average Bonchev–Trinajstić information content (AvgIpc) is 2.64. The first-order valence-electron chi connectivity index (χ1n) is 5.94. The van der Waals surface area contributed by atoms with E-state index in [0.29, 0.717) is 0 Å². The highest BCUT2D eigenvalue weighted by Gasteiger charge is 2.11. The van der Waals surface area contributed by atoms with Crippen molar-refractivity contribution in [2.24, 2.45) is 7.05 Å². The molecule has 0 saturated carbocycles. The molecule has 1 heterocycles. The summed E-state index contributed by atoms with van der Waals surface area (Å²) in [5.41, 5.74) is 11.1. The molecular formula is C15H15N3. The van der Waals surface area contributed by atoms with Gasteiger partial charge in [-0.15, -0.1) is 0 Å². The number of nitrogens with two attached hydrogens (primary N) is 1. The highest BCUT2D eigenvalue weighted by Crippen LogP contribution is 2.29. The van der Waals surface area contributed by atoms with Crippen molar-refractivity contribution >= 4 is 16.6 Å². The number of rotatable bonds is 1. The molecule has 0 unspecified atom stereocenters. The minimum Gasteiger partial charge on any atom is -0.399 e. The van der Waals surface area contributed by atoms with Crippen LogP contribution in [0.4, 0.5) is 5.69 Å². The maximum Gasteiger partial charge on any atom is 0.0931 e. The lowest BCUT2D eigenvalue weighted by atomic mass is 10.1. The summed E-state index contributed by atoms with van der Waals surface area (Å²) in [6, 6.07) is 14.3. The number of fused-ring (bicyclic) bond motifs is 1. The lowest BCUT2D eigenvalue weighted by Crippen LogP contribution is -1.93. The molecule has 3 heteroatoms. The number of nitrogen functional groups attached to an aromatic ring is 1. The van der Waals surface area contributed by atoms with Gasteiger partial charge in [0.25, 0.3) is 0 Å². The van der Waals surface area contributed by atoms with Crippen molar-refractivity contribution in [1.82, 2.24) is 9.78 Å². The summed E-state index contributed by atoms with van der Waals surface area (Å²) in [4.78, 5) is 0. The SMILES string of the molecule is Cc1cccc(-c2c3cc(N)ccc3nn2C)c1. The van der Waals surface area contributed by atoms with E-state index < -0.39 is 0 Å². The number of anilines is 1. The third kappa shape index (κ3) is 1.64. The summed E-state index contributed by atoms with van der Waals surface area (Å²) >= 11 is 0. The van der Waals surface area contributed by atoms with Gasteiger partial charge in [0.1, 0.15) is 0 Å². The maximum absolute atomic E-state index is 5.87. The molecule has 0 saturated heterocycles. The fraction of sp³-hybridized carbons (Fsp3) is 0.133. The van der Waals surface area contributed by atoms with E-state index in [9.17, 15) is 0 Å². The van der Waals surface area contributed by atoms with Gasteiger partial charge in [-0.3, -0.25) is 4.68 Å². The van der Waals surface area contributed by atoms with Gasteiger partial charge in [-0.1, -0.05) is 23.8 Å². The van der Waals surface area contributed by atoms with Gasteiger partial charge >= 0.3 is 0 Å². The topological polar surface area (TPSA) is 43.8 Å². The molecular weight excluding hydrogens is 222 g/mol. The zero-order valence-electron chi connectivity index (χ0n) is 10.5. The van der Waals surface area contributed by atoms with E-state index in [0.717, 1.165) is 22.3 Å². The Balaban J connectivity index is 2.34. The molecule has 3 aromatic rings. The molecule has 2 N–H and O–H groups in total.